The van der Waals surface area contributed by atoms with Crippen molar-refractivity contribution in [1.82, 2.24) is 4.98 Å². The molecule has 96 valence electrons. The number of hydrogen-bond donors (Lipinski definition) is 1. The van der Waals surface area contributed by atoms with Crippen molar-refractivity contribution in [1.29, 1.82) is 0 Å². The van der Waals surface area contributed by atoms with E-state index in [0.717, 1.165) is 26.2 Å². The topological polar surface area (TPSA) is 56.0 Å². The van der Waals surface area contributed by atoms with E-state index >= 15 is 0 Å². The van der Waals surface area contributed by atoms with Crippen LogP contribution in [0.4, 0.5) is 5.69 Å². The first-order valence-corrected chi connectivity index (χ1v) is 7.06. The van der Waals surface area contributed by atoms with Crippen molar-refractivity contribution < 1.29 is 0 Å². The quantitative estimate of drug-likeness (QED) is 0.304. The molecule has 0 radical (unpaired) electrons. The molecular formula is C16H10N2OS. The summed E-state index contributed by atoms with van der Waals surface area (Å²) in [5.41, 5.74) is 8.38. The van der Waals surface area contributed by atoms with E-state index < -0.39 is 0 Å². The lowest BCUT2D eigenvalue weighted by Crippen LogP contribution is -2.04. The minimum Gasteiger partial charge on any atom is -0.398 e. The summed E-state index contributed by atoms with van der Waals surface area (Å²) in [6.07, 6.45) is 0. The highest BCUT2D eigenvalue weighted by atomic mass is 32.1. The molecule has 0 bridgehead atoms. The predicted molar refractivity (Wildman–Crippen MR) is 84.4 cm³/mol. The Labute approximate surface area is 118 Å². The first-order valence-electron chi connectivity index (χ1n) is 6.25. The molecule has 0 aromatic heterocycles. The molecule has 2 aliphatic rings. The van der Waals surface area contributed by atoms with Gasteiger partial charge in [0.05, 0.1) is 20.8 Å². The van der Waals surface area contributed by atoms with Crippen LogP contribution in [0, 0.1) is 0 Å². The molecule has 0 saturated heterocycles. The zero-order chi connectivity index (χ0) is 13.7. The zero-order valence-electron chi connectivity index (χ0n) is 10.5. The van der Waals surface area contributed by atoms with Crippen LogP contribution in [0.3, 0.4) is 0 Å². The van der Waals surface area contributed by atoms with Gasteiger partial charge in [-0.2, -0.15) is 0 Å². The Morgan fingerprint density at radius 2 is 1.90 bits per heavy atom. The lowest BCUT2D eigenvalue weighted by Gasteiger charge is -2.10. The summed E-state index contributed by atoms with van der Waals surface area (Å²) in [7, 11) is 0. The van der Waals surface area contributed by atoms with Crippen molar-refractivity contribution in [3.63, 3.8) is 0 Å². The van der Waals surface area contributed by atoms with Gasteiger partial charge in [-0.3, -0.25) is 4.79 Å². The number of rotatable bonds is 0. The maximum atomic E-state index is 12.2. The van der Waals surface area contributed by atoms with Gasteiger partial charge in [0.1, 0.15) is 0 Å². The highest BCUT2D eigenvalue weighted by molar-refractivity contribution is 7.21. The standard InChI is InChI=1S/C16H10N2OS/c17-10-5-3-4-9-12(19)8-14-16(15(9)10)18-11-6-1-2-7-13(11)20-14/h1-8H,17H2. The summed E-state index contributed by atoms with van der Waals surface area (Å²) in [5, 5.41) is 1.39. The fraction of sp³-hybridized carbons (Fsp3) is 0. The molecule has 20 heavy (non-hydrogen) atoms. The molecule has 1 heterocycles. The second kappa shape index (κ2) is 4.02. The largest absolute Gasteiger partial charge is 0.398 e. The lowest BCUT2D eigenvalue weighted by molar-refractivity contribution is 1.44. The Kier molecular flexibility index (Phi) is 2.28. The monoisotopic (exact) mass is 278 g/mol. The highest BCUT2D eigenvalue weighted by Crippen LogP contribution is 2.36. The number of benzene rings is 3. The van der Waals surface area contributed by atoms with Gasteiger partial charge in [0.15, 0.2) is 5.43 Å². The molecular weight excluding hydrogens is 268 g/mol. The van der Waals surface area contributed by atoms with Crippen molar-refractivity contribution in [2.75, 3.05) is 5.73 Å². The van der Waals surface area contributed by atoms with Crippen LogP contribution in [0.25, 0.3) is 31.6 Å². The Morgan fingerprint density at radius 3 is 2.80 bits per heavy atom. The van der Waals surface area contributed by atoms with Gasteiger partial charge in [0.2, 0.25) is 0 Å². The van der Waals surface area contributed by atoms with Crippen LogP contribution >= 0.6 is 11.3 Å². The molecule has 0 amide bonds. The summed E-state index contributed by atoms with van der Waals surface area (Å²) >= 11 is 1.57. The smallest absolute Gasteiger partial charge is 0.188 e. The van der Waals surface area contributed by atoms with Crippen LogP contribution in [0.2, 0.25) is 0 Å². The van der Waals surface area contributed by atoms with Gasteiger partial charge < -0.3 is 5.73 Å². The summed E-state index contributed by atoms with van der Waals surface area (Å²) in [6.45, 7) is 0. The van der Waals surface area contributed by atoms with Crippen LogP contribution in [-0.4, -0.2) is 4.98 Å². The van der Waals surface area contributed by atoms with Crippen LogP contribution in [0.15, 0.2) is 53.3 Å². The fourth-order valence-corrected chi connectivity index (χ4v) is 3.50. The maximum absolute atomic E-state index is 12.2. The third kappa shape index (κ3) is 1.52. The SMILES string of the molecule is Nc1cccc2c(=O)cc3sc4ccccc4nc-3c12. The van der Waals surface area contributed by atoms with Gasteiger partial charge in [-0.05, 0) is 18.2 Å². The van der Waals surface area contributed by atoms with Gasteiger partial charge in [-0.25, -0.2) is 4.98 Å². The molecule has 0 saturated carbocycles. The summed E-state index contributed by atoms with van der Waals surface area (Å²) in [4.78, 5) is 17.8. The third-order valence-corrected chi connectivity index (χ3v) is 4.51. The van der Waals surface area contributed by atoms with E-state index in [9.17, 15) is 4.79 Å². The minimum absolute atomic E-state index is 0.00636. The Morgan fingerprint density at radius 1 is 1.05 bits per heavy atom. The first-order chi connectivity index (χ1) is 9.74. The number of nitrogen functional groups attached to an aromatic ring is 1. The average molecular weight is 278 g/mol. The lowest BCUT2D eigenvalue weighted by atomic mass is 10.0. The van der Waals surface area contributed by atoms with E-state index in [2.05, 4.69) is 0 Å². The van der Waals surface area contributed by atoms with E-state index in [1.807, 2.05) is 30.3 Å². The number of nitrogens with zero attached hydrogens (tertiary/aromatic N) is 1. The Balaban J connectivity index is 2.32. The van der Waals surface area contributed by atoms with E-state index in [-0.39, 0.29) is 5.43 Å². The van der Waals surface area contributed by atoms with Crippen molar-refractivity contribution in [3.8, 4) is 10.6 Å². The normalized spacial score (nSPS) is 11.4. The third-order valence-electron chi connectivity index (χ3n) is 3.41. The van der Waals surface area contributed by atoms with Crippen LogP contribution in [-0.2, 0) is 0 Å². The molecule has 0 fully saturated rings. The second-order valence-electron chi connectivity index (χ2n) is 4.67. The molecule has 0 spiro atoms. The van der Waals surface area contributed by atoms with Crippen molar-refractivity contribution in [2.24, 2.45) is 0 Å². The minimum atomic E-state index is -0.00636. The first kappa shape index (κ1) is 11.4. The van der Waals surface area contributed by atoms with Gasteiger partial charge in [-0.1, -0.05) is 24.3 Å². The second-order valence-corrected chi connectivity index (χ2v) is 5.76. The van der Waals surface area contributed by atoms with E-state index in [1.165, 1.54) is 0 Å². The Bertz CT molecular complexity index is 990. The molecule has 4 rings (SSSR count). The van der Waals surface area contributed by atoms with Gasteiger partial charge in [0.25, 0.3) is 0 Å². The van der Waals surface area contributed by atoms with E-state index in [1.54, 1.807) is 29.5 Å². The van der Waals surface area contributed by atoms with E-state index in [0.29, 0.717) is 11.1 Å². The molecule has 4 heteroatoms. The summed E-state index contributed by atoms with van der Waals surface area (Å²) in [5.74, 6) is 0. The molecule has 0 unspecified atom stereocenters. The molecule has 2 aromatic rings. The van der Waals surface area contributed by atoms with Crippen LogP contribution in [0.5, 0.6) is 0 Å². The average Bonchev–Trinajstić information content (AvgIpc) is 2.46. The number of nitrogens with two attached hydrogens (primary N) is 1. The highest BCUT2D eigenvalue weighted by Gasteiger charge is 2.15. The predicted octanol–water partition coefficient (Wildman–Crippen LogP) is 3.50. The summed E-state index contributed by atoms with van der Waals surface area (Å²) < 4.78 is 1.06. The van der Waals surface area contributed by atoms with Crippen molar-refractivity contribution in [3.05, 3.63) is 58.8 Å². The summed E-state index contributed by atoms with van der Waals surface area (Å²) in [6, 6.07) is 15.0. The fourth-order valence-electron chi connectivity index (χ4n) is 2.49. The van der Waals surface area contributed by atoms with Gasteiger partial charge in [-0.15, -0.1) is 11.3 Å². The van der Waals surface area contributed by atoms with E-state index in [4.69, 9.17) is 10.7 Å². The molecule has 2 aromatic carbocycles. The van der Waals surface area contributed by atoms with Crippen molar-refractivity contribution in [2.45, 2.75) is 0 Å². The number of para-hydroxylation sites is 1. The number of anilines is 1. The maximum Gasteiger partial charge on any atom is 0.188 e. The Hall–Kier alpha value is -2.46. The molecule has 2 N–H and O–H groups in total. The zero-order valence-corrected chi connectivity index (χ0v) is 11.3. The molecule has 3 nitrogen and oxygen atoms in total. The van der Waals surface area contributed by atoms with Crippen LogP contribution < -0.4 is 11.2 Å². The number of aromatic nitrogens is 1. The molecule has 0 atom stereocenters. The van der Waals surface area contributed by atoms with Gasteiger partial charge in [0, 0.05) is 22.5 Å². The molecule has 1 aliphatic carbocycles. The number of hydrogen-bond acceptors (Lipinski definition) is 4. The van der Waals surface area contributed by atoms with Crippen molar-refractivity contribution >= 4 is 38.0 Å². The van der Waals surface area contributed by atoms with Gasteiger partial charge >= 0.3 is 0 Å². The van der Waals surface area contributed by atoms with Crippen LogP contribution in [0.1, 0.15) is 0 Å². The molecule has 1 aliphatic heterocycles. The number of fused-ring (bicyclic) bond motifs is 4.